The van der Waals surface area contributed by atoms with Crippen LogP contribution in [-0.4, -0.2) is 61.8 Å². The summed E-state index contributed by atoms with van der Waals surface area (Å²) in [6, 6.07) is -1.69. The van der Waals surface area contributed by atoms with Crippen molar-refractivity contribution in [1.29, 1.82) is 0 Å². The Labute approximate surface area is 206 Å². The van der Waals surface area contributed by atoms with Crippen LogP contribution in [0.5, 0.6) is 0 Å². The Balaban J connectivity index is 1.83. The van der Waals surface area contributed by atoms with Gasteiger partial charge in [0, 0.05) is 23.0 Å². The summed E-state index contributed by atoms with van der Waals surface area (Å²) in [5, 5.41) is 5.51. The number of carbonyl (C=O) groups is 3. The Hall–Kier alpha value is -2.49. The number of rotatable bonds is 10. The first-order valence-corrected chi connectivity index (χ1v) is 13.4. The van der Waals surface area contributed by atoms with Gasteiger partial charge in [0.15, 0.2) is 6.23 Å². The Bertz CT molecular complexity index is 917. The summed E-state index contributed by atoms with van der Waals surface area (Å²) in [4.78, 5) is 58.7. The summed E-state index contributed by atoms with van der Waals surface area (Å²) in [5.74, 6) is -1.27. The molecule has 35 heavy (non-hydrogen) atoms. The summed E-state index contributed by atoms with van der Waals surface area (Å²) in [5.41, 5.74) is 0.106. The number of aromatic nitrogens is 2. The molecule has 11 nitrogen and oxygen atoms in total. The van der Waals surface area contributed by atoms with Gasteiger partial charge in [-0.05, 0) is 37.5 Å². The third-order valence-electron chi connectivity index (χ3n) is 6.73. The average molecular weight is 509 g/mol. The molecule has 3 amide bonds. The van der Waals surface area contributed by atoms with Gasteiger partial charge in [0.25, 0.3) is 5.91 Å². The van der Waals surface area contributed by atoms with E-state index in [0.717, 1.165) is 25.7 Å². The minimum atomic E-state index is -2.89. The van der Waals surface area contributed by atoms with Crippen molar-refractivity contribution in [3.63, 3.8) is 0 Å². The Morgan fingerprint density at radius 3 is 2.60 bits per heavy atom. The minimum Gasteiger partial charge on any atom is -0.339 e. The first kappa shape index (κ1) is 27.1. The SMILES string of the molecule is CCC[C@H](NC(=O)[C@@H]1C[C@@H]2CCCC[C@@H]2N1C(=O)[C@@H](NC(=O)c1cnccn1)C(C)C)O[P+](=O)O. The molecule has 1 unspecified atom stereocenters. The molecule has 1 saturated carbocycles. The number of fused-ring (bicyclic) bond motifs is 1. The van der Waals surface area contributed by atoms with E-state index in [0.29, 0.717) is 19.3 Å². The fourth-order valence-corrected chi connectivity index (χ4v) is 5.47. The van der Waals surface area contributed by atoms with Crippen LogP contribution in [-0.2, 0) is 18.7 Å². The molecule has 0 spiro atoms. The highest BCUT2D eigenvalue weighted by Crippen LogP contribution is 2.40. The minimum absolute atomic E-state index is 0.0957. The summed E-state index contributed by atoms with van der Waals surface area (Å²) in [6.45, 7) is 5.55. The zero-order valence-corrected chi connectivity index (χ0v) is 21.3. The van der Waals surface area contributed by atoms with Crippen molar-refractivity contribution >= 4 is 26.0 Å². The van der Waals surface area contributed by atoms with Gasteiger partial charge in [0.1, 0.15) is 17.8 Å². The van der Waals surface area contributed by atoms with Crippen molar-refractivity contribution < 1.29 is 28.4 Å². The summed E-state index contributed by atoms with van der Waals surface area (Å²) in [6.07, 6.45) is 8.51. The fraction of sp³-hybridized carbons (Fsp3) is 0.696. The van der Waals surface area contributed by atoms with Crippen LogP contribution in [0.1, 0.15) is 76.2 Å². The number of likely N-dealkylation sites (tertiary alicyclic amines) is 1. The molecule has 1 aromatic heterocycles. The highest BCUT2D eigenvalue weighted by atomic mass is 31.1. The van der Waals surface area contributed by atoms with Crippen LogP contribution in [0.2, 0.25) is 0 Å². The fourth-order valence-electron chi connectivity index (χ4n) is 5.09. The number of nitrogens with zero attached hydrogens (tertiary/aromatic N) is 3. The molecule has 12 heteroatoms. The third kappa shape index (κ3) is 6.80. The standard InChI is InChI=1S/C23H34N5O6P/c1-4-7-19(34-35(32)33)26-22(30)18-12-15-8-5-6-9-17(15)28(18)23(31)20(14(2)3)27-21(29)16-13-24-10-11-25-16/h10-11,13-15,17-20H,4-9,12H2,1-3H3,(H2-,26,27,29,30,32,33)/p+1/t15-,17-,18-,19+,20-/m0/s1. The van der Waals surface area contributed by atoms with E-state index in [9.17, 15) is 18.9 Å². The van der Waals surface area contributed by atoms with E-state index < -0.39 is 38.4 Å². The Kier molecular flexibility index (Phi) is 9.65. The quantitative estimate of drug-likeness (QED) is 0.322. The van der Waals surface area contributed by atoms with Crippen LogP contribution >= 0.6 is 8.25 Å². The van der Waals surface area contributed by atoms with Gasteiger partial charge in [0.2, 0.25) is 11.8 Å². The molecule has 2 heterocycles. The van der Waals surface area contributed by atoms with Crippen molar-refractivity contribution in [3.8, 4) is 0 Å². The molecule has 1 saturated heterocycles. The molecule has 0 aromatic carbocycles. The van der Waals surface area contributed by atoms with Gasteiger partial charge in [-0.15, -0.1) is 4.89 Å². The summed E-state index contributed by atoms with van der Waals surface area (Å²) < 4.78 is 16.2. The second kappa shape index (κ2) is 12.5. The van der Waals surface area contributed by atoms with Gasteiger partial charge in [-0.25, -0.2) is 4.98 Å². The van der Waals surface area contributed by atoms with Crippen LogP contribution in [0.4, 0.5) is 0 Å². The number of nitrogens with one attached hydrogen (secondary N) is 2. The van der Waals surface area contributed by atoms with E-state index in [4.69, 9.17) is 9.42 Å². The molecule has 2 fully saturated rings. The molecule has 3 N–H and O–H groups in total. The molecule has 0 radical (unpaired) electrons. The lowest BCUT2D eigenvalue weighted by atomic mass is 9.84. The Morgan fingerprint density at radius 1 is 1.23 bits per heavy atom. The molecular formula is C23H35N5O6P+. The molecule has 1 aliphatic carbocycles. The molecule has 3 rings (SSSR count). The van der Waals surface area contributed by atoms with E-state index in [2.05, 4.69) is 20.6 Å². The lowest BCUT2D eigenvalue weighted by Gasteiger charge is -2.37. The van der Waals surface area contributed by atoms with Gasteiger partial charge in [-0.3, -0.25) is 19.4 Å². The Morgan fingerprint density at radius 2 is 1.97 bits per heavy atom. The van der Waals surface area contributed by atoms with Crippen LogP contribution in [0.25, 0.3) is 0 Å². The lowest BCUT2D eigenvalue weighted by Crippen LogP contribution is -2.58. The maximum atomic E-state index is 13.9. The maximum Gasteiger partial charge on any atom is 0.696 e. The number of amides is 3. The molecular weight excluding hydrogens is 473 g/mol. The highest BCUT2D eigenvalue weighted by Gasteiger charge is 2.49. The summed E-state index contributed by atoms with van der Waals surface area (Å²) >= 11 is 0. The monoisotopic (exact) mass is 508 g/mol. The third-order valence-corrected chi connectivity index (χ3v) is 7.17. The van der Waals surface area contributed by atoms with Crippen molar-refractivity contribution in [3.05, 3.63) is 24.3 Å². The average Bonchev–Trinajstić information content (AvgIpc) is 3.22. The first-order valence-electron chi connectivity index (χ1n) is 12.2. The summed E-state index contributed by atoms with van der Waals surface area (Å²) in [7, 11) is -2.89. The molecule has 1 aromatic rings. The number of hydrogen-bond acceptors (Lipinski definition) is 7. The maximum absolute atomic E-state index is 13.9. The number of carbonyl (C=O) groups excluding carboxylic acids is 3. The molecule has 2 aliphatic rings. The predicted molar refractivity (Wildman–Crippen MR) is 127 cm³/mol. The first-order chi connectivity index (χ1) is 16.7. The van der Waals surface area contributed by atoms with Crippen molar-refractivity contribution in [2.75, 3.05) is 0 Å². The largest absolute Gasteiger partial charge is 0.696 e. The van der Waals surface area contributed by atoms with E-state index in [-0.39, 0.29) is 29.5 Å². The zero-order valence-electron chi connectivity index (χ0n) is 20.4. The number of hydrogen-bond donors (Lipinski definition) is 3. The topological polar surface area (TPSA) is 151 Å². The highest BCUT2D eigenvalue weighted by molar-refractivity contribution is 7.32. The predicted octanol–water partition coefficient (Wildman–Crippen LogP) is 2.30. The molecule has 6 atom stereocenters. The van der Waals surface area contributed by atoms with E-state index >= 15 is 0 Å². The normalized spacial score (nSPS) is 23.9. The van der Waals surface area contributed by atoms with Gasteiger partial charge >= 0.3 is 8.25 Å². The molecule has 0 bridgehead atoms. The van der Waals surface area contributed by atoms with Gasteiger partial charge in [-0.2, -0.15) is 0 Å². The molecule has 1 aliphatic heterocycles. The van der Waals surface area contributed by atoms with Crippen molar-refractivity contribution in [2.24, 2.45) is 11.8 Å². The van der Waals surface area contributed by atoms with Crippen molar-refractivity contribution in [1.82, 2.24) is 25.5 Å². The van der Waals surface area contributed by atoms with Crippen LogP contribution in [0.15, 0.2) is 18.6 Å². The van der Waals surface area contributed by atoms with Crippen molar-refractivity contribution in [2.45, 2.75) is 90.1 Å². The van der Waals surface area contributed by atoms with Crippen LogP contribution in [0, 0.1) is 11.8 Å². The molecule has 192 valence electrons. The van der Waals surface area contributed by atoms with Crippen LogP contribution < -0.4 is 10.6 Å². The van der Waals surface area contributed by atoms with Gasteiger partial charge < -0.3 is 15.5 Å². The second-order valence-corrected chi connectivity index (χ2v) is 10.2. The van der Waals surface area contributed by atoms with E-state index in [1.807, 2.05) is 20.8 Å². The van der Waals surface area contributed by atoms with E-state index in [1.165, 1.54) is 18.6 Å². The van der Waals surface area contributed by atoms with Crippen LogP contribution in [0.3, 0.4) is 0 Å². The smallest absolute Gasteiger partial charge is 0.339 e. The van der Waals surface area contributed by atoms with E-state index in [1.54, 1.807) is 4.90 Å². The zero-order chi connectivity index (χ0) is 25.5. The van der Waals surface area contributed by atoms with Gasteiger partial charge in [0.05, 0.1) is 6.20 Å². The second-order valence-electron chi connectivity index (χ2n) is 9.52. The lowest BCUT2D eigenvalue weighted by molar-refractivity contribution is -0.144. The van der Waals surface area contributed by atoms with Gasteiger partial charge in [-0.1, -0.05) is 44.6 Å².